The summed E-state index contributed by atoms with van der Waals surface area (Å²) < 4.78 is 0. The number of aliphatic carboxylic acids is 1. The zero-order chi connectivity index (χ0) is 13.7. The van der Waals surface area contributed by atoms with Gasteiger partial charge in [0.15, 0.2) is 0 Å². The maximum absolute atomic E-state index is 11.7. The van der Waals surface area contributed by atoms with Gasteiger partial charge in [-0.3, -0.25) is 9.59 Å². The number of rotatable bonds is 5. The lowest BCUT2D eigenvalue weighted by Gasteiger charge is -2.14. The Morgan fingerprint density at radius 2 is 1.78 bits per heavy atom. The first-order chi connectivity index (χ1) is 8.40. The van der Waals surface area contributed by atoms with Crippen LogP contribution in [0.2, 0.25) is 0 Å². The van der Waals surface area contributed by atoms with E-state index >= 15 is 0 Å². The molecule has 0 spiro atoms. The second kappa shape index (κ2) is 6.19. The highest BCUT2D eigenvalue weighted by molar-refractivity contribution is 5.82. The molecule has 1 amide bonds. The van der Waals surface area contributed by atoms with Gasteiger partial charge in [0.25, 0.3) is 0 Å². The van der Waals surface area contributed by atoms with Gasteiger partial charge in [-0.1, -0.05) is 38.1 Å². The van der Waals surface area contributed by atoms with Crippen LogP contribution < -0.4 is 0 Å². The lowest BCUT2D eigenvalue weighted by Crippen LogP contribution is -2.33. The molecule has 18 heavy (non-hydrogen) atoms. The van der Waals surface area contributed by atoms with Gasteiger partial charge in [-0.25, -0.2) is 0 Å². The molecule has 0 heterocycles. The molecular formula is C14H19NO3. The fourth-order valence-corrected chi connectivity index (χ4v) is 1.62. The topological polar surface area (TPSA) is 57.6 Å². The molecule has 0 aliphatic rings. The van der Waals surface area contributed by atoms with Gasteiger partial charge in [-0.2, -0.15) is 0 Å². The van der Waals surface area contributed by atoms with Crippen molar-refractivity contribution >= 4 is 11.9 Å². The molecule has 0 fully saturated rings. The molecule has 0 aliphatic heterocycles. The van der Waals surface area contributed by atoms with Crippen LogP contribution in [0, 0.1) is 0 Å². The number of nitrogens with zero attached hydrogens (tertiary/aromatic N) is 1. The molecule has 0 saturated heterocycles. The maximum atomic E-state index is 11.7. The molecule has 98 valence electrons. The number of amides is 1. The Balaban J connectivity index is 2.62. The minimum atomic E-state index is -0.999. The van der Waals surface area contributed by atoms with Crippen molar-refractivity contribution < 1.29 is 14.7 Å². The molecular weight excluding hydrogens is 230 g/mol. The number of hydrogen-bond donors (Lipinski definition) is 1. The Labute approximate surface area is 107 Å². The molecule has 0 unspecified atom stereocenters. The van der Waals surface area contributed by atoms with Crippen molar-refractivity contribution in [2.75, 3.05) is 13.6 Å². The van der Waals surface area contributed by atoms with E-state index < -0.39 is 5.97 Å². The van der Waals surface area contributed by atoms with Gasteiger partial charge in [0.1, 0.15) is 6.54 Å². The van der Waals surface area contributed by atoms with E-state index in [1.54, 1.807) is 0 Å². The van der Waals surface area contributed by atoms with Gasteiger partial charge in [0.05, 0.1) is 6.42 Å². The first-order valence-corrected chi connectivity index (χ1v) is 5.94. The van der Waals surface area contributed by atoms with E-state index in [0.29, 0.717) is 5.92 Å². The van der Waals surface area contributed by atoms with Crippen molar-refractivity contribution in [1.29, 1.82) is 0 Å². The highest BCUT2D eigenvalue weighted by Crippen LogP contribution is 2.15. The number of carboxylic acids is 1. The van der Waals surface area contributed by atoms with Crippen molar-refractivity contribution in [2.45, 2.75) is 26.2 Å². The van der Waals surface area contributed by atoms with E-state index in [9.17, 15) is 9.59 Å². The summed E-state index contributed by atoms with van der Waals surface area (Å²) in [6.45, 7) is 3.96. The van der Waals surface area contributed by atoms with Crippen LogP contribution in [0.3, 0.4) is 0 Å². The van der Waals surface area contributed by atoms with E-state index in [-0.39, 0.29) is 18.9 Å². The molecule has 1 rings (SSSR count). The van der Waals surface area contributed by atoms with E-state index in [1.807, 2.05) is 24.3 Å². The third kappa shape index (κ3) is 4.20. The zero-order valence-electron chi connectivity index (χ0n) is 11.0. The molecule has 0 atom stereocenters. The largest absolute Gasteiger partial charge is 0.480 e. The van der Waals surface area contributed by atoms with Crippen molar-refractivity contribution in [3.8, 4) is 0 Å². The third-order valence-corrected chi connectivity index (χ3v) is 2.80. The molecule has 0 bridgehead atoms. The Hall–Kier alpha value is -1.84. The fraction of sp³-hybridized carbons (Fsp3) is 0.429. The Bertz CT molecular complexity index is 423. The summed E-state index contributed by atoms with van der Waals surface area (Å²) in [5, 5.41) is 8.60. The van der Waals surface area contributed by atoms with Gasteiger partial charge >= 0.3 is 5.97 Å². The molecule has 1 aromatic rings. The fourth-order valence-electron chi connectivity index (χ4n) is 1.62. The summed E-state index contributed by atoms with van der Waals surface area (Å²) in [5.74, 6) is -0.722. The summed E-state index contributed by atoms with van der Waals surface area (Å²) in [6, 6.07) is 7.85. The number of carbonyl (C=O) groups is 2. The van der Waals surface area contributed by atoms with Gasteiger partial charge < -0.3 is 10.0 Å². The smallest absolute Gasteiger partial charge is 0.323 e. The predicted molar refractivity (Wildman–Crippen MR) is 69.5 cm³/mol. The standard InChI is InChI=1S/C14H19NO3/c1-10(2)12-6-4-11(5-7-12)8-13(16)15(3)9-14(17)18/h4-7,10H,8-9H2,1-3H3,(H,17,18). The van der Waals surface area contributed by atoms with Crippen LogP contribution in [-0.2, 0) is 16.0 Å². The van der Waals surface area contributed by atoms with Gasteiger partial charge in [-0.15, -0.1) is 0 Å². The Morgan fingerprint density at radius 1 is 1.22 bits per heavy atom. The first-order valence-electron chi connectivity index (χ1n) is 5.94. The van der Waals surface area contributed by atoms with Crippen molar-refractivity contribution in [3.05, 3.63) is 35.4 Å². The number of carbonyl (C=O) groups excluding carboxylic acids is 1. The number of carboxylic acid groups (broad SMARTS) is 1. The van der Waals surface area contributed by atoms with Crippen molar-refractivity contribution in [2.24, 2.45) is 0 Å². The van der Waals surface area contributed by atoms with Gasteiger partial charge in [0, 0.05) is 7.05 Å². The minimum absolute atomic E-state index is 0.185. The summed E-state index contributed by atoms with van der Waals surface area (Å²) in [4.78, 5) is 23.4. The van der Waals surface area contributed by atoms with Gasteiger partial charge in [-0.05, 0) is 17.0 Å². The second-order valence-corrected chi connectivity index (χ2v) is 4.72. The molecule has 0 saturated carbocycles. The zero-order valence-corrected chi connectivity index (χ0v) is 11.0. The lowest BCUT2D eigenvalue weighted by atomic mass is 10.0. The number of hydrogen-bond acceptors (Lipinski definition) is 2. The molecule has 1 aromatic carbocycles. The van der Waals surface area contributed by atoms with Crippen LogP contribution in [-0.4, -0.2) is 35.5 Å². The molecule has 1 N–H and O–H groups in total. The first kappa shape index (κ1) is 14.2. The van der Waals surface area contributed by atoms with Gasteiger partial charge in [0.2, 0.25) is 5.91 Å². The average molecular weight is 249 g/mol. The third-order valence-electron chi connectivity index (χ3n) is 2.80. The second-order valence-electron chi connectivity index (χ2n) is 4.72. The van der Waals surface area contributed by atoms with Crippen LogP contribution in [0.25, 0.3) is 0 Å². The number of benzene rings is 1. The average Bonchev–Trinajstić information content (AvgIpc) is 2.28. The molecule has 4 heteroatoms. The Kier molecular flexibility index (Phi) is 4.89. The van der Waals surface area contributed by atoms with Crippen LogP contribution in [0.15, 0.2) is 24.3 Å². The maximum Gasteiger partial charge on any atom is 0.323 e. The van der Waals surface area contributed by atoms with Crippen molar-refractivity contribution in [1.82, 2.24) is 4.90 Å². The minimum Gasteiger partial charge on any atom is -0.480 e. The summed E-state index contributed by atoms with van der Waals surface area (Å²) in [7, 11) is 1.50. The van der Waals surface area contributed by atoms with E-state index in [2.05, 4.69) is 13.8 Å². The summed E-state index contributed by atoms with van der Waals surface area (Å²) in [6.07, 6.45) is 0.238. The monoisotopic (exact) mass is 249 g/mol. The lowest BCUT2D eigenvalue weighted by molar-refractivity contribution is -0.143. The highest BCUT2D eigenvalue weighted by atomic mass is 16.4. The van der Waals surface area contributed by atoms with E-state index in [0.717, 1.165) is 5.56 Å². The van der Waals surface area contributed by atoms with Crippen LogP contribution in [0.4, 0.5) is 0 Å². The molecule has 0 aliphatic carbocycles. The normalized spacial score (nSPS) is 10.4. The predicted octanol–water partition coefficient (Wildman–Crippen LogP) is 1.90. The molecule has 0 aromatic heterocycles. The molecule has 4 nitrogen and oxygen atoms in total. The summed E-state index contributed by atoms with van der Waals surface area (Å²) in [5.41, 5.74) is 2.13. The van der Waals surface area contributed by atoms with Crippen LogP contribution in [0.5, 0.6) is 0 Å². The quantitative estimate of drug-likeness (QED) is 0.867. The van der Waals surface area contributed by atoms with Crippen LogP contribution in [0.1, 0.15) is 30.9 Å². The summed E-state index contributed by atoms with van der Waals surface area (Å²) >= 11 is 0. The van der Waals surface area contributed by atoms with Crippen LogP contribution >= 0.6 is 0 Å². The van der Waals surface area contributed by atoms with E-state index in [1.165, 1.54) is 17.5 Å². The van der Waals surface area contributed by atoms with Crippen molar-refractivity contribution in [3.63, 3.8) is 0 Å². The Morgan fingerprint density at radius 3 is 2.22 bits per heavy atom. The van der Waals surface area contributed by atoms with E-state index in [4.69, 9.17) is 5.11 Å². The highest BCUT2D eigenvalue weighted by Gasteiger charge is 2.12. The SMILES string of the molecule is CC(C)c1ccc(CC(=O)N(C)CC(=O)O)cc1. The number of likely N-dealkylation sites (N-methyl/N-ethyl adjacent to an activating group) is 1. The molecule has 0 radical (unpaired) electrons.